The summed E-state index contributed by atoms with van der Waals surface area (Å²) in [4.78, 5) is 55.1. The molecule has 0 unspecified atom stereocenters. The second-order valence-corrected chi connectivity index (χ2v) is 11.6. The van der Waals surface area contributed by atoms with Crippen LogP contribution in [-0.2, 0) is 20.9 Å². The highest BCUT2D eigenvalue weighted by molar-refractivity contribution is 8.00. The minimum absolute atomic E-state index is 0.246. The van der Waals surface area contributed by atoms with Gasteiger partial charge < -0.3 is 5.32 Å². The maximum atomic E-state index is 13.8. The van der Waals surface area contributed by atoms with E-state index < -0.39 is 22.9 Å². The summed E-state index contributed by atoms with van der Waals surface area (Å²) in [5.41, 5.74) is 2.63. The van der Waals surface area contributed by atoms with Gasteiger partial charge in [0.1, 0.15) is 17.6 Å². The molecule has 196 valence electrons. The molecule has 1 aromatic heterocycles. The van der Waals surface area contributed by atoms with Gasteiger partial charge in [0.2, 0.25) is 17.7 Å². The van der Waals surface area contributed by atoms with Gasteiger partial charge in [0.25, 0.3) is 0 Å². The number of anilines is 2. The number of nitrogens with zero attached hydrogens (tertiary/aromatic N) is 2. The second-order valence-electron chi connectivity index (χ2n) is 9.43. The number of carbonyl (C=O) groups is 3. The van der Waals surface area contributed by atoms with E-state index in [2.05, 4.69) is 5.32 Å². The quantitative estimate of drug-likeness (QED) is 0.355. The van der Waals surface area contributed by atoms with Crippen molar-refractivity contribution in [3.63, 3.8) is 0 Å². The summed E-state index contributed by atoms with van der Waals surface area (Å²) in [6.45, 7) is 1.63. The van der Waals surface area contributed by atoms with E-state index >= 15 is 0 Å². The molecule has 1 saturated heterocycles. The molecule has 2 aliphatic heterocycles. The molecule has 0 saturated carbocycles. The highest BCUT2D eigenvalue weighted by Gasteiger charge is 2.56. The molecular formula is C29H22FN3O4S2. The first-order valence-electron chi connectivity index (χ1n) is 12.3. The first-order chi connectivity index (χ1) is 18.8. The van der Waals surface area contributed by atoms with Crippen molar-refractivity contribution < 1.29 is 18.8 Å². The fraction of sp³-hybridized carbons (Fsp3) is 0.172. The number of para-hydroxylation sites is 2. The largest absolute Gasteiger partial charge is 0.324 e. The van der Waals surface area contributed by atoms with Crippen molar-refractivity contribution in [1.29, 1.82) is 0 Å². The van der Waals surface area contributed by atoms with Crippen molar-refractivity contribution in [3.8, 4) is 0 Å². The Kier molecular flexibility index (Phi) is 6.44. The van der Waals surface area contributed by atoms with Crippen molar-refractivity contribution in [2.45, 2.75) is 29.7 Å². The Balaban J connectivity index is 1.42. The summed E-state index contributed by atoms with van der Waals surface area (Å²) in [6, 6.07) is 21.8. The zero-order valence-electron chi connectivity index (χ0n) is 20.7. The molecule has 0 radical (unpaired) electrons. The van der Waals surface area contributed by atoms with Gasteiger partial charge in [-0.25, -0.2) is 9.29 Å². The van der Waals surface area contributed by atoms with Crippen LogP contribution in [0, 0.1) is 18.7 Å². The van der Waals surface area contributed by atoms with Gasteiger partial charge in [-0.1, -0.05) is 71.6 Å². The minimum Gasteiger partial charge on any atom is -0.324 e. The summed E-state index contributed by atoms with van der Waals surface area (Å²) < 4.78 is 15.2. The first-order valence-corrected chi connectivity index (χ1v) is 14.0. The van der Waals surface area contributed by atoms with Crippen molar-refractivity contribution in [1.82, 2.24) is 4.57 Å². The number of fused-ring (bicyclic) bond motifs is 2. The van der Waals surface area contributed by atoms with E-state index in [-0.39, 0.29) is 29.1 Å². The van der Waals surface area contributed by atoms with Crippen LogP contribution in [0.25, 0.3) is 0 Å². The van der Waals surface area contributed by atoms with Gasteiger partial charge in [-0.15, -0.1) is 0 Å². The molecule has 39 heavy (non-hydrogen) atoms. The molecule has 0 spiro atoms. The maximum Gasteiger partial charge on any atom is 0.308 e. The number of aryl methyl sites for hydroxylation is 1. The van der Waals surface area contributed by atoms with Crippen LogP contribution in [0.15, 0.2) is 88.7 Å². The zero-order valence-corrected chi connectivity index (χ0v) is 22.3. The molecule has 1 fully saturated rings. The molecular weight excluding hydrogens is 537 g/mol. The SMILES string of the molecule is Cc1ccccc1NC(=O)Cn1c2c(sc1=O)[C@@H](c1ccc(F)cc1)[C@@H]1C(=O)N(c3ccccc3)C(=O)[C@@H]1S2. The van der Waals surface area contributed by atoms with E-state index in [1.807, 2.05) is 25.1 Å². The van der Waals surface area contributed by atoms with Gasteiger partial charge >= 0.3 is 4.87 Å². The van der Waals surface area contributed by atoms with E-state index in [9.17, 15) is 23.6 Å². The Morgan fingerprint density at radius 3 is 2.33 bits per heavy atom. The molecule has 3 amide bonds. The number of thiazole rings is 1. The van der Waals surface area contributed by atoms with Crippen LogP contribution in [0.1, 0.15) is 21.9 Å². The Morgan fingerprint density at radius 1 is 0.923 bits per heavy atom. The van der Waals surface area contributed by atoms with Crippen molar-refractivity contribution in [2.24, 2.45) is 5.92 Å². The van der Waals surface area contributed by atoms with Crippen LogP contribution in [-0.4, -0.2) is 27.5 Å². The van der Waals surface area contributed by atoms with Crippen molar-refractivity contribution in [2.75, 3.05) is 10.2 Å². The van der Waals surface area contributed by atoms with Crippen LogP contribution in [0.2, 0.25) is 0 Å². The zero-order chi connectivity index (χ0) is 27.3. The minimum atomic E-state index is -0.806. The molecule has 4 aromatic rings. The van der Waals surface area contributed by atoms with Gasteiger partial charge in [0, 0.05) is 16.5 Å². The topological polar surface area (TPSA) is 88.5 Å². The Labute approximate surface area is 231 Å². The average molecular weight is 560 g/mol. The lowest BCUT2D eigenvalue weighted by Crippen LogP contribution is -2.33. The lowest BCUT2D eigenvalue weighted by Gasteiger charge is -2.30. The Hall–Kier alpha value is -4.02. The number of halogens is 1. The standard InChI is InChI=1S/C29H22FN3O4S2/c1-16-7-5-6-10-20(16)31-21(34)15-32-28-25(39-29(32)37)22(17-11-13-18(30)14-12-17)23-24(38-28)27(36)33(26(23)35)19-8-3-2-4-9-19/h2-14,22-24H,15H2,1H3,(H,31,34)/t22-,23-,24+/m0/s1. The van der Waals surface area contributed by atoms with Crippen LogP contribution in [0.3, 0.4) is 0 Å². The summed E-state index contributed by atoms with van der Waals surface area (Å²) in [6.07, 6.45) is 0. The smallest absolute Gasteiger partial charge is 0.308 e. The van der Waals surface area contributed by atoms with Crippen molar-refractivity contribution in [3.05, 3.63) is 110 Å². The maximum absolute atomic E-state index is 13.8. The molecule has 6 rings (SSSR count). The number of nitrogens with one attached hydrogen (secondary N) is 1. The number of hydrogen-bond donors (Lipinski definition) is 1. The first kappa shape index (κ1) is 25.3. The predicted octanol–water partition coefficient (Wildman–Crippen LogP) is 4.79. The Morgan fingerprint density at radius 2 is 1.62 bits per heavy atom. The number of hydrogen-bond acceptors (Lipinski definition) is 6. The van der Waals surface area contributed by atoms with Crippen LogP contribution < -0.4 is 15.1 Å². The van der Waals surface area contributed by atoms with Gasteiger partial charge in [-0.3, -0.25) is 23.7 Å². The average Bonchev–Trinajstić information content (AvgIpc) is 3.37. The third kappa shape index (κ3) is 4.39. The van der Waals surface area contributed by atoms with Crippen LogP contribution >= 0.6 is 23.1 Å². The van der Waals surface area contributed by atoms with E-state index in [0.717, 1.165) is 28.7 Å². The molecule has 1 N–H and O–H groups in total. The monoisotopic (exact) mass is 559 g/mol. The van der Waals surface area contributed by atoms with Gasteiger partial charge in [-0.2, -0.15) is 0 Å². The highest BCUT2D eigenvalue weighted by atomic mass is 32.2. The molecule has 3 atom stereocenters. The van der Waals surface area contributed by atoms with Gasteiger partial charge in [-0.05, 0) is 48.4 Å². The highest BCUT2D eigenvalue weighted by Crippen LogP contribution is 2.53. The number of imide groups is 1. The number of amides is 3. The van der Waals surface area contributed by atoms with Gasteiger partial charge in [0.05, 0.1) is 16.6 Å². The number of rotatable bonds is 5. The van der Waals surface area contributed by atoms with E-state index in [4.69, 9.17) is 0 Å². The van der Waals surface area contributed by atoms with Gasteiger partial charge in [0.15, 0.2) is 0 Å². The van der Waals surface area contributed by atoms with E-state index in [1.54, 1.807) is 48.5 Å². The summed E-state index contributed by atoms with van der Waals surface area (Å²) in [5.74, 6) is -2.99. The molecule has 2 aliphatic rings. The predicted molar refractivity (Wildman–Crippen MR) is 149 cm³/mol. The Bertz CT molecular complexity index is 1670. The fourth-order valence-corrected chi connectivity index (χ4v) is 7.94. The number of aromatic nitrogens is 1. The third-order valence-electron chi connectivity index (χ3n) is 7.01. The van der Waals surface area contributed by atoms with E-state index in [0.29, 0.717) is 26.8 Å². The summed E-state index contributed by atoms with van der Waals surface area (Å²) >= 11 is 2.10. The molecule has 3 heterocycles. The molecule has 7 nitrogen and oxygen atoms in total. The number of benzene rings is 3. The van der Waals surface area contributed by atoms with E-state index in [1.165, 1.54) is 21.6 Å². The normalized spacial score (nSPS) is 20.1. The second kappa shape index (κ2) is 9.94. The fourth-order valence-electron chi connectivity index (χ4n) is 5.16. The van der Waals surface area contributed by atoms with Crippen LogP contribution in [0.5, 0.6) is 0 Å². The van der Waals surface area contributed by atoms with Crippen molar-refractivity contribution >= 4 is 52.2 Å². The summed E-state index contributed by atoms with van der Waals surface area (Å²) in [7, 11) is 0. The molecule has 10 heteroatoms. The lowest BCUT2D eigenvalue weighted by atomic mass is 9.83. The number of carbonyl (C=O) groups excluding carboxylic acids is 3. The summed E-state index contributed by atoms with van der Waals surface area (Å²) in [5, 5.41) is 2.53. The lowest BCUT2D eigenvalue weighted by molar-refractivity contribution is -0.122. The number of thioether (sulfide) groups is 1. The molecule has 0 bridgehead atoms. The molecule has 0 aliphatic carbocycles. The third-order valence-corrected chi connectivity index (χ3v) is 9.62. The molecule has 3 aromatic carbocycles. The van der Waals surface area contributed by atoms with Crippen LogP contribution in [0.4, 0.5) is 15.8 Å².